The van der Waals surface area contributed by atoms with E-state index in [9.17, 15) is 9.59 Å². The van der Waals surface area contributed by atoms with E-state index in [0.29, 0.717) is 29.6 Å². The van der Waals surface area contributed by atoms with Gasteiger partial charge in [-0.3, -0.25) is 4.79 Å². The van der Waals surface area contributed by atoms with Gasteiger partial charge in [0.15, 0.2) is 0 Å². The average molecular weight is 367 g/mol. The van der Waals surface area contributed by atoms with Gasteiger partial charge in [0, 0.05) is 38.5 Å². The fourth-order valence-corrected chi connectivity index (χ4v) is 2.71. The number of fused-ring (bicyclic) bond motifs is 1. The van der Waals surface area contributed by atoms with Crippen molar-refractivity contribution in [2.24, 2.45) is 7.05 Å². The molecule has 0 atom stereocenters. The lowest BCUT2D eigenvalue weighted by atomic mass is 10.2. The highest BCUT2D eigenvalue weighted by molar-refractivity contribution is 5.96. The molecule has 0 saturated carbocycles. The Morgan fingerprint density at radius 1 is 1.19 bits per heavy atom. The third-order valence-corrected chi connectivity index (χ3v) is 4.30. The van der Waals surface area contributed by atoms with Crippen LogP contribution in [0.3, 0.4) is 0 Å². The van der Waals surface area contributed by atoms with Crippen LogP contribution in [-0.2, 0) is 16.6 Å². The van der Waals surface area contributed by atoms with E-state index in [2.05, 4.69) is 4.98 Å². The van der Waals surface area contributed by atoms with E-state index in [4.69, 9.17) is 9.47 Å². The predicted molar refractivity (Wildman–Crippen MR) is 102 cm³/mol. The molecule has 0 spiro atoms. The van der Waals surface area contributed by atoms with Gasteiger partial charge in [0.05, 0.1) is 24.0 Å². The number of carbonyl (C=O) groups excluding carboxylic acids is 2. The zero-order valence-corrected chi connectivity index (χ0v) is 15.7. The molecule has 7 heteroatoms. The van der Waals surface area contributed by atoms with Crippen LogP contribution in [0, 0.1) is 0 Å². The summed E-state index contributed by atoms with van der Waals surface area (Å²) in [6.07, 6.45) is 1.58. The van der Waals surface area contributed by atoms with Crippen molar-refractivity contribution in [2.75, 3.05) is 18.6 Å². The lowest BCUT2D eigenvalue weighted by Crippen LogP contribution is -2.22. The Bertz CT molecular complexity index is 992. The summed E-state index contributed by atoms with van der Waals surface area (Å²) in [5.41, 5.74) is 2.02. The van der Waals surface area contributed by atoms with E-state index < -0.39 is 0 Å². The number of pyridine rings is 1. The van der Waals surface area contributed by atoms with E-state index in [1.165, 1.54) is 11.8 Å². The Kier molecular flexibility index (Phi) is 5.12. The molecule has 0 aliphatic rings. The largest absolute Gasteiger partial charge is 0.461 e. The fraction of sp³-hybridized carbons (Fsp3) is 0.250. The number of carbonyl (C=O) groups is 2. The molecule has 2 heterocycles. The molecule has 0 aliphatic carbocycles. The summed E-state index contributed by atoms with van der Waals surface area (Å²) in [7, 11) is 3.49. The molecule has 0 N–H and O–H groups in total. The molecule has 2 aromatic heterocycles. The number of aromatic nitrogens is 2. The van der Waals surface area contributed by atoms with Crippen LogP contribution in [0.25, 0.3) is 10.9 Å². The van der Waals surface area contributed by atoms with Gasteiger partial charge in [-0.15, -0.1) is 0 Å². The summed E-state index contributed by atoms with van der Waals surface area (Å²) in [4.78, 5) is 29.2. The number of aryl methyl sites for hydroxylation is 1. The monoisotopic (exact) mass is 367 g/mol. The maximum Gasteiger partial charge on any atom is 0.354 e. The second-order valence-corrected chi connectivity index (χ2v) is 6.06. The van der Waals surface area contributed by atoms with E-state index >= 15 is 0 Å². The second kappa shape index (κ2) is 7.49. The summed E-state index contributed by atoms with van der Waals surface area (Å²) in [5, 5.41) is 0.916. The zero-order chi connectivity index (χ0) is 19.6. The van der Waals surface area contributed by atoms with Crippen molar-refractivity contribution in [1.82, 2.24) is 9.55 Å². The highest BCUT2D eigenvalue weighted by Gasteiger charge is 2.15. The summed E-state index contributed by atoms with van der Waals surface area (Å²) in [6.45, 7) is 3.60. The highest BCUT2D eigenvalue weighted by atomic mass is 16.5. The number of rotatable bonds is 5. The van der Waals surface area contributed by atoms with Crippen molar-refractivity contribution in [1.29, 1.82) is 0 Å². The van der Waals surface area contributed by atoms with Gasteiger partial charge >= 0.3 is 5.97 Å². The molecule has 1 amide bonds. The van der Waals surface area contributed by atoms with Gasteiger partial charge in [0.2, 0.25) is 11.8 Å². The maximum absolute atomic E-state index is 12.0. The Morgan fingerprint density at radius 3 is 2.59 bits per heavy atom. The van der Waals surface area contributed by atoms with E-state index in [1.807, 2.05) is 25.2 Å². The SMILES string of the molecule is CCOC(=O)c1cc2ccc(Oc3ccc(N(C)C(C)=O)cn3)cc2n1C. The first-order valence-electron chi connectivity index (χ1n) is 8.55. The number of ether oxygens (including phenoxy) is 2. The number of amides is 1. The van der Waals surface area contributed by atoms with Crippen LogP contribution in [0.1, 0.15) is 24.3 Å². The van der Waals surface area contributed by atoms with Crippen molar-refractivity contribution in [2.45, 2.75) is 13.8 Å². The van der Waals surface area contributed by atoms with E-state index in [1.54, 1.807) is 42.9 Å². The van der Waals surface area contributed by atoms with E-state index in [0.717, 1.165) is 10.9 Å². The van der Waals surface area contributed by atoms with Crippen LogP contribution in [0.4, 0.5) is 5.69 Å². The number of anilines is 1. The minimum absolute atomic E-state index is 0.0722. The number of hydrogen-bond acceptors (Lipinski definition) is 5. The summed E-state index contributed by atoms with van der Waals surface area (Å²) in [6, 6.07) is 10.8. The molecule has 27 heavy (non-hydrogen) atoms. The van der Waals surface area contributed by atoms with Crippen LogP contribution in [0.2, 0.25) is 0 Å². The van der Waals surface area contributed by atoms with Gasteiger partial charge in [-0.1, -0.05) is 0 Å². The number of esters is 1. The first-order chi connectivity index (χ1) is 12.9. The van der Waals surface area contributed by atoms with Gasteiger partial charge in [0.25, 0.3) is 0 Å². The Hall–Kier alpha value is -3.35. The summed E-state index contributed by atoms with van der Waals surface area (Å²) in [5.74, 6) is 0.580. The zero-order valence-electron chi connectivity index (χ0n) is 15.7. The van der Waals surface area contributed by atoms with E-state index in [-0.39, 0.29) is 11.9 Å². The quantitative estimate of drug-likeness (QED) is 0.645. The summed E-state index contributed by atoms with van der Waals surface area (Å²) >= 11 is 0. The van der Waals surface area contributed by atoms with Crippen molar-refractivity contribution in [3.8, 4) is 11.6 Å². The number of nitrogens with zero attached hydrogens (tertiary/aromatic N) is 3. The molecule has 0 unspecified atom stereocenters. The van der Waals surface area contributed by atoms with Crippen molar-refractivity contribution in [3.63, 3.8) is 0 Å². The third kappa shape index (κ3) is 3.76. The van der Waals surface area contributed by atoms with Gasteiger partial charge in [0.1, 0.15) is 11.4 Å². The van der Waals surface area contributed by atoms with Crippen molar-refractivity contribution < 1.29 is 19.1 Å². The fourth-order valence-electron chi connectivity index (χ4n) is 2.71. The van der Waals surface area contributed by atoms with Gasteiger partial charge in [-0.05, 0) is 31.2 Å². The molecule has 0 fully saturated rings. The minimum Gasteiger partial charge on any atom is -0.461 e. The van der Waals surface area contributed by atoms with Crippen LogP contribution >= 0.6 is 0 Å². The van der Waals surface area contributed by atoms with Crippen molar-refractivity contribution >= 4 is 28.5 Å². The number of hydrogen-bond donors (Lipinski definition) is 0. The molecule has 3 aromatic rings. The third-order valence-electron chi connectivity index (χ3n) is 4.30. The standard InChI is InChI=1S/C20H21N3O4/c1-5-26-20(25)18-10-14-6-8-16(11-17(14)23(18)4)27-19-9-7-15(12-21-19)22(3)13(2)24/h6-12H,5H2,1-4H3. The second-order valence-electron chi connectivity index (χ2n) is 6.06. The Balaban J connectivity index is 1.84. The smallest absolute Gasteiger partial charge is 0.354 e. The van der Waals surface area contributed by atoms with Gasteiger partial charge in [-0.2, -0.15) is 0 Å². The van der Waals surface area contributed by atoms with Gasteiger partial charge < -0.3 is 18.9 Å². The normalized spacial score (nSPS) is 10.7. The van der Waals surface area contributed by atoms with Crippen LogP contribution in [-0.4, -0.2) is 35.1 Å². The first-order valence-corrected chi connectivity index (χ1v) is 8.55. The van der Waals surface area contributed by atoms with Crippen LogP contribution < -0.4 is 9.64 Å². The lowest BCUT2D eigenvalue weighted by Gasteiger charge is -2.14. The van der Waals surface area contributed by atoms with Gasteiger partial charge in [-0.25, -0.2) is 9.78 Å². The topological polar surface area (TPSA) is 73.7 Å². The van der Waals surface area contributed by atoms with Crippen LogP contribution in [0.15, 0.2) is 42.6 Å². The van der Waals surface area contributed by atoms with Crippen molar-refractivity contribution in [3.05, 3.63) is 48.3 Å². The molecule has 0 radical (unpaired) electrons. The highest BCUT2D eigenvalue weighted by Crippen LogP contribution is 2.27. The molecule has 0 bridgehead atoms. The Labute approximate surface area is 157 Å². The maximum atomic E-state index is 12.0. The first kappa shape index (κ1) is 18.4. The molecule has 1 aromatic carbocycles. The molecular formula is C20H21N3O4. The summed E-state index contributed by atoms with van der Waals surface area (Å²) < 4.78 is 12.7. The predicted octanol–water partition coefficient (Wildman–Crippen LogP) is 3.53. The molecule has 3 rings (SSSR count). The molecular weight excluding hydrogens is 346 g/mol. The molecule has 0 aliphatic heterocycles. The number of benzene rings is 1. The lowest BCUT2D eigenvalue weighted by molar-refractivity contribution is -0.116. The molecule has 7 nitrogen and oxygen atoms in total. The average Bonchev–Trinajstić information content (AvgIpc) is 2.98. The molecule has 140 valence electrons. The van der Waals surface area contributed by atoms with Crippen LogP contribution in [0.5, 0.6) is 11.6 Å². The molecule has 0 saturated heterocycles. The Morgan fingerprint density at radius 2 is 1.96 bits per heavy atom. The minimum atomic E-state index is -0.356.